The molecular formula is C26H28N6O. The number of aryl methyl sites for hydroxylation is 1. The third-order valence-corrected chi connectivity index (χ3v) is 7.47. The zero-order valence-electron chi connectivity index (χ0n) is 18.9. The molecule has 0 bridgehead atoms. The molecular weight excluding hydrogens is 412 g/mol. The molecule has 7 nitrogen and oxygen atoms in total. The summed E-state index contributed by atoms with van der Waals surface area (Å²) in [6, 6.07) is 13.9. The zero-order valence-corrected chi connectivity index (χ0v) is 18.9. The SMILES string of the molecule is Cc1nc2cc(-c3ccc4ncc(N5CC(N6CCN(C7CC7)CC6)C5)cc4n3)ccc2o1. The molecule has 2 saturated heterocycles. The number of piperazine rings is 1. The van der Waals surface area contributed by atoms with Crippen molar-refractivity contribution in [3.05, 3.63) is 48.5 Å². The Labute approximate surface area is 193 Å². The van der Waals surface area contributed by atoms with Gasteiger partial charge in [0.05, 0.1) is 28.6 Å². The van der Waals surface area contributed by atoms with Crippen molar-refractivity contribution < 1.29 is 4.42 Å². The first-order chi connectivity index (χ1) is 16.2. The van der Waals surface area contributed by atoms with E-state index in [-0.39, 0.29) is 0 Å². The Morgan fingerprint density at radius 1 is 0.818 bits per heavy atom. The van der Waals surface area contributed by atoms with Crippen molar-refractivity contribution in [3.8, 4) is 11.3 Å². The molecule has 33 heavy (non-hydrogen) atoms. The first kappa shape index (κ1) is 19.4. The van der Waals surface area contributed by atoms with E-state index >= 15 is 0 Å². The molecule has 7 rings (SSSR count). The fourth-order valence-corrected chi connectivity index (χ4v) is 5.34. The number of oxazole rings is 1. The molecule has 3 aromatic heterocycles. The number of fused-ring (bicyclic) bond motifs is 2. The van der Waals surface area contributed by atoms with Gasteiger partial charge in [0.2, 0.25) is 0 Å². The van der Waals surface area contributed by atoms with Crippen molar-refractivity contribution in [2.75, 3.05) is 44.2 Å². The predicted molar refractivity (Wildman–Crippen MR) is 129 cm³/mol. The Morgan fingerprint density at radius 2 is 1.61 bits per heavy atom. The molecule has 0 atom stereocenters. The lowest BCUT2D eigenvalue weighted by atomic mass is 10.0. The van der Waals surface area contributed by atoms with Gasteiger partial charge in [-0.25, -0.2) is 9.97 Å². The van der Waals surface area contributed by atoms with Crippen molar-refractivity contribution in [2.45, 2.75) is 31.8 Å². The molecule has 3 aliphatic rings. The molecule has 2 aliphatic heterocycles. The van der Waals surface area contributed by atoms with Gasteiger partial charge in [0.25, 0.3) is 0 Å². The minimum atomic E-state index is 0.666. The van der Waals surface area contributed by atoms with Crippen LogP contribution in [0.2, 0.25) is 0 Å². The van der Waals surface area contributed by atoms with Crippen LogP contribution >= 0.6 is 0 Å². The average molecular weight is 441 g/mol. The first-order valence-corrected chi connectivity index (χ1v) is 12.1. The van der Waals surface area contributed by atoms with Crippen LogP contribution in [0.4, 0.5) is 5.69 Å². The fourth-order valence-electron chi connectivity index (χ4n) is 5.34. The first-order valence-electron chi connectivity index (χ1n) is 12.1. The van der Waals surface area contributed by atoms with Gasteiger partial charge in [-0.3, -0.25) is 14.8 Å². The van der Waals surface area contributed by atoms with Gasteiger partial charge in [-0.1, -0.05) is 0 Å². The second kappa shape index (κ2) is 7.50. The summed E-state index contributed by atoms with van der Waals surface area (Å²) in [6.07, 6.45) is 4.82. The van der Waals surface area contributed by atoms with Crippen LogP contribution in [0.15, 0.2) is 47.0 Å². The Bertz CT molecular complexity index is 1330. The molecule has 5 heterocycles. The van der Waals surface area contributed by atoms with E-state index in [1.165, 1.54) is 44.7 Å². The molecule has 0 N–H and O–H groups in total. The smallest absolute Gasteiger partial charge is 0.192 e. The highest BCUT2D eigenvalue weighted by Gasteiger charge is 2.36. The molecule has 7 heteroatoms. The molecule has 0 radical (unpaired) electrons. The zero-order chi connectivity index (χ0) is 21.9. The van der Waals surface area contributed by atoms with Crippen LogP contribution in [0.5, 0.6) is 0 Å². The molecule has 1 aliphatic carbocycles. The third kappa shape index (κ3) is 3.56. The fraction of sp³-hybridized carbons (Fsp3) is 0.423. The number of benzene rings is 1. The maximum Gasteiger partial charge on any atom is 0.192 e. The highest BCUT2D eigenvalue weighted by Crippen LogP contribution is 2.31. The molecule has 0 unspecified atom stereocenters. The molecule has 4 aromatic rings. The number of rotatable bonds is 4. The highest BCUT2D eigenvalue weighted by molar-refractivity contribution is 5.84. The van der Waals surface area contributed by atoms with Gasteiger partial charge in [0.1, 0.15) is 5.52 Å². The van der Waals surface area contributed by atoms with E-state index in [9.17, 15) is 0 Å². The van der Waals surface area contributed by atoms with E-state index in [0.29, 0.717) is 11.9 Å². The predicted octanol–water partition coefficient (Wildman–Crippen LogP) is 3.72. The quantitative estimate of drug-likeness (QED) is 0.479. The second-order valence-corrected chi connectivity index (χ2v) is 9.71. The molecule has 0 amide bonds. The summed E-state index contributed by atoms with van der Waals surface area (Å²) in [4.78, 5) is 21.9. The average Bonchev–Trinajstić information content (AvgIpc) is 3.58. The van der Waals surface area contributed by atoms with Crippen molar-refractivity contribution in [1.82, 2.24) is 24.8 Å². The van der Waals surface area contributed by atoms with E-state index in [0.717, 1.165) is 52.5 Å². The monoisotopic (exact) mass is 440 g/mol. The van der Waals surface area contributed by atoms with Gasteiger partial charge >= 0.3 is 0 Å². The van der Waals surface area contributed by atoms with Crippen LogP contribution in [-0.4, -0.2) is 76.1 Å². The van der Waals surface area contributed by atoms with Crippen molar-refractivity contribution in [2.24, 2.45) is 0 Å². The van der Waals surface area contributed by atoms with E-state index in [2.05, 4.69) is 31.8 Å². The Kier molecular flexibility index (Phi) is 4.42. The minimum Gasteiger partial charge on any atom is -0.441 e. The van der Waals surface area contributed by atoms with E-state index in [1.807, 2.05) is 37.4 Å². The summed E-state index contributed by atoms with van der Waals surface area (Å²) in [5.74, 6) is 0.681. The standard InChI is InChI=1S/C26H28N6O/c1-17-28-25-12-18(2-7-26(25)33-17)22-5-6-23-24(29-22)13-20(14-27-23)32-15-21(16-32)31-10-8-30(9-11-31)19-3-4-19/h2,5-7,12-14,19,21H,3-4,8-11,15-16H2,1H3. The minimum absolute atomic E-state index is 0.666. The van der Waals surface area contributed by atoms with E-state index in [1.54, 1.807) is 0 Å². The Balaban J connectivity index is 1.08. The lowest BCUT2D eigenvalue weighted by Crippen LogP contribution is -2.63. The molecule has 1 saturated carbocycles. The third-order valence-electron chi connectivity index (χ3n) is 7.47. The summed E-state index contributed by atoms with van der Waals surface area (Å²) in [5.41, 5.74) is 6.67. The molecule has 168 valence electrons. The van der Waals surface area contributed by atoms with Crippen molar-refractivity contribution in [3.63, 3.8) is 0 Å². The van der Waals surface area contributed by atoms with Gasteiger partial charge < -0.3 is 9.32 Å². The summed E-state index contributed by atoms with van der Waals surface area (Å²) < 4.78 is 5.61. The normalized spacial score (nSPS) is 20.6. The van der Waals surface area contributed by atoms with Crippen LogP contribution in [0, 0.1) is 6.92 Å². The molecule has 1 aromatic carbocycles. The number of pyridine rings is 2. The van der Waals surface area contributed by atoms with Gasteiger partial charge in [-0.15, -0.1) is 0 Å². The van der Waals surface area contributed by atoms with Crippen LogP contribution < -0.4 is 4.90 Å². The van der Waals surface area contributed by atoms with Crippen LogP contribution in [-0.2, 0) is 0 Å². The van der Waals surface area contributed by atoms with Crippen LogP contribution in [0.25, 0.3) is 33.4 Å². The van der Waals surface area contributed by atoms with Crippen LogP contribution in [0.1, 0.15) is 18.7 Å². The van der Waals surface area contributed by atoms with E-state index < -0.39 is 0 Å². The lowest BCUT2D eigenvalue weighted by molar-refractivity contribution is 0.0793. The van der Waals surface area contributed by atoms with Crippen molar-refractivity contribution >= 4 is 27.8 Å². The van der Waals surface area contributed by atoms with Crippen LogP contribution in [0.3, 0.4) is 0 Å². The van der Waals surface area contributed by atoms with Gasteiger partial charge in [-0.2, -0.15) is 0 Å². The molecule has 0 spiro atoms. The van der Waals surface area contributed by atoms with Crippen molar-refractivity contribution in [1.29, 1.82) is 0 Å². The van der Waals surface area contributed by atoms with Gasteiger partial charge in [0.15, 0.2) is 11.5 Å². The topological polar surface area (TPSA) is 61.5 Å². The summed E-state index contributed by atoms with van der Waals surface area (Å²) in [5, 5.41) is 0. The van der Waals surface area contributed by atoms with E-state index in [4.69, 9.17) is 14.4 Å². The number of hydrogen-bond acceptors (Lipinski definition) is 7. The largest absolute Gasteiger partial charge is 0.441 e. The number of anilines is 1. The Morgan fingerprint density at radius 3 is 2.39 bits per heavy atom. The maximum atomic E-state index is 5.61. The van der Waals surface area contributed by atoms with Gasteiger partial charge in [-0.05, 0) is 49.2 Å². The second-order valence-electron chi connectivity index (χ2n) is 9.71. The summed E-state index contributed by atoms with van der Waals surface area (Å²) >= 11 is 0. The number of hydrogen-bond donors (Lipinski definition) is 0. The summed E-state index contributed by atoms with van der Waals surface area (Å²) in [7, 11) is 0. The summed E-state index contributed by atoms with van der Waals surface area (Å²) in [6.45, 7) is 8.94. The highest BCUT2D eigenvalue weighted by atomic mass is 16.3. The lowest BCUT2D eigenvalue weighted by Gasteiger charge is -2.49. The maximum absolute atomic E-state index is 5.61. The van der Waals surface area contributed by atoms with Gasteiger partial charge in [0, 0.05) is 63.8 Å². The number of nitrogens with zero attached hydrogens (tertiary/aromatic N) is 6. The Hall–Kier alpha value is -3.03. The number of aromatic nitrogens is 3. The molecule has 3 fully saturated rings.